The second kappa shape index (κ2) is 7.35. The van der Waals surface area contributed by atoms with E-state index in [1.165, 1.54) is 12.1 Å². The fraction of sp³-hybridized carbons (Fsp3) is 0.304. The van der Waals surface area contributed by atoms with Gasteiger partial charge < -0.3 is 5.11 Å². The van der Waals surface area contributed by atoms with E-state index in [-0.39, 0.29) is 12.5 Å². The van der Waals surface area contributed by atoms with Crippen LogP contribution in [0, 0.1) is 0 Å². The minimum absolute atomic E-state index is 0.0186. The van der Waals surface area contributed by atoms with Gasteiger partial charge in [-0.1, -0.05) is 42.0 Å². The van der Waals surface area contributed by atoms with E-state index >= 15 is 0 Å². The maximum atomic E-state index is 13.3. The number of rotatable bonds is 3. The van der Waals surface area contributed by atoms with Crippen molar-refractivity contribution >= 4 is 11.1 Å². The number of benzene rings is 2. The summed E-state index contributed by atoms with van der Waals surface area (Å²) in [5, 5.41) is 9.63. The molecule has 0 saturated carbocycles. The van der Waals surface area contributed by atoms with Gasteiger partial charge in [-0.2, -0.15) is 13.2 Å². The van der Waals surface area contributed by atoms with Crippen LogP contribution < -0.4 is 0 Å². The Bertz CT molecular complexity index is 915. The molecule has 0 fully saturated rings. The zero-order valence-corrected chi connectivity index (χ0v) is 15.7. The van der Waals surface area contributed by atoms with Gasteiger partial charge in [0.25, 0.3) is 0 Å². The van der Waals surface area contributed by atoms with Crippen molar-refractivity contribution in [3.05, 3.63) is 81.9 Å². The highest BCUT2D eigenvalue weighted by Gasteiger charge is 2.33. The van der Waals surface area contributed by atoms with E-state index in [4.69, 9.17) is 0 Å². The first-order chi connectivity index (χ1) is 12.8. The Labute approximate surface area is 157 Å². The lowest BCUT2D eigenvalue weighted by molar-refractivity contribution is -0.137. The van der Waals surface area contributed by atoms with Crippen molar-refractivity contribution < 1.29 is 18.3 Å². The van der Waals surface area contributed by atoms with Crippen LogP contribution in [0.25, 0.3) is 11.1 Å². The van der Waals surface area contributed by atoms with E-state index < -0.39 is 11.7 Å². The average Bonchev–Trinajstić information content (AvgIpc) is 2.63. The van der Waals surface area contributed by atoms with Crippen LogP contribution in [-0.2, 0) is 6.18 Å². The first-order valence-electron chi connectivity index (χ1n) is 9.02. The zero-order valence-electron chi connectivity index (χ0n) is 15.7. The van der Waals surface area contributed by atoms with E-state index in [0.717, 1.165) is 39.5 Å². The van der Waals surface area contributed by atoms with Crippen molar-refractivity contribution in [2.24, 2.45) is 0 Å². The average molecular weight is 372 g/mol. The van der Waals surface area contributed by atoms with Gasteiger partial charge in [0.1, 0.15) is 0 Å². The maximum absolute atomic E-state index is 13.3. The molecular weight excluding hydrogens is 349 g/mol. The van der Waals surface area contributed by atoms with Crippen LogP contribution >= 0.6 is 0 Å². The largest absolute Gasteiger partial charge is 0.416 e. The van der Waals surface area contributed by atoms with Crippen LogP contribution in [0.15, 0.2) is 59.7 Å². The normalized spacial score (nSPS) is 17.1. The molecule has 0 heterocycles. The van der Waals surface area contributed by atoms with Crippen molar-refractivity contribution in [2.45, 2.75) is 39.3 Å². The standard InChI is InChI=1S/C23H23F3O/c1-14(2)21-20(11-12-27)19-10-5-4-9-18(19)15(3)22(21)16-7-6-8-17(13-16)23(24,25)26/h4-10,13,20,27H,11-12H2,1-3H3/t20-/m1/s1. The molecule has 1 aliphatic carbocycles. The number of allylic oxidation sites excluding steroid dienone is 4. The van der Waals surface area contributed by atoms with E-state index in [1.54, 1.807) is 6.07 Å². The molecular formula is C23H23F3O. The number of halogens is 3. The predicted molar refractivity (Wildman–Crippen MR) is 103 cm³/mol. The van der Waals surface area contributed by atoms with Crippen LogP contribution in [0.4, 0.5) is 13.2 Å². The molecule has 27 heavy (non-hydrogen) atoms. The van der Waals surface area contributed by atoms with Crippen molar-refractivity contribution in [2.75, 3.05) is 6.61 Å². The van der Waals surface area contributed by atoms with E-state index in [9.17, 15) is 18.3 Å². The fourth-order valence-corrected chi connectivity index (χ4v) is 4.06. The molecule has 2 aromatic rings. The SMILES string of the molecule is CC(C)=C1C(c2cccc(C(F)(F)F)c2)=C(C)c2ccccc2[C@H]1CCO. The summed E-state index contributed by atoms with van der Waals surface area (Å²) in [5.41, 5.74) is 5.95. The number of aliphatic hydroxyl groups excluding tert-OH is 1. The highest BCUT2D eigenvalue weighted by atomic mass is 19.4. The molecule has 0 amide bonds. The Morgan fingerprint density at radius 1 is 1.04 bits per heavy atom. The van der Waals surface area contributed by atoms with Crippen LogP contribution in [0.1, 0.15) is 55.4 Å². The molecule has 3 rings (SSSR count). The van der Waals surface area contributed by atoms with Gasteiger partial charge in [-0.15, -0.1) is 0 Å². The second-order valence-electron chi connectivity index (χ2n) is 7.14. The van der Waals surface area contributed by atoms with Crippen LogP contribution in [0.5, 0.6) is 0 Å². The predicted octanol–water partition coefficient (Wildman–Crippen LogP) is 6.45. The third-order valence-corrected chi connectivity index (χ3v) is 5.17. The molecule has 0 saturated heterocycles. The fourth-order valence-electron chi connectivity index (χ4n) is 4.06. The molecule has 0 bridgehead atoms. The van der Waals surface area contributed by atoms with Crippen LogP contribution in [0.3, 0.4) is 0 Å². The molecule has 2 aromatic carbocycles. The first-order valence-corrected chi connectivity index (χ1v) is 9.02. The van der Waals surface area contributed by atoms with Gasteiger partial charge >= 0.3 is 6.18 Å². The minimum Gasteiger partial charge on any atom is -0.396 e. The Morgan fingerprint density at radius 2 is 1.74 bits per heavy atom. The first kappa shape index (κ1) is 19.4. The Kier molecular flexibility index (Phi) is 5.29. The van der Waals surface area contributed by atoms with Gasteiger partial charge in [0, 0.05) is 12.5 Å². The third kappa shape index (κ3) is 3.59. The maximum Gasteiger partial charge on any atom is 0.416 e. The Hall–Kier alpha value is -2.33. The monoisotopic (exact) mass is 372 g/mol. The summed E-state index contributed by atoms with van der Waals surface area (Å²) < 4.78 is 39.8. The van der Waals surface area contributed by atoms with Crippen molar-refractivity contribution in [1.82, 2.24) is 0 Å². The molecule has 142 valence electrons. The summed E-state index contributed by atoms with van der Waals surface area (Å²) in [4.78, 5) is 0. The summed E-state index contributed by atoms with van der Waals surface area (Å²) >= 11 is 0. The van der Waals surface area contributed by atoms with Gasteiger partial charge in [0.2, 0.25) is 0 Å². The summed E-state index contributed by atoms with van der Waals surface area (Å²) in [5.74, 6) is -0.0376. The molecule has 0 spiro atoms. The number of hydrogen-bond acceptors (Lipinski definition) is 1. The highest BCUT2D eigenvalue weighted by molar-refractivity contribution is 6.01. The van der Waals surface area contributed by atoms with Gasteiger partial charge in [0.05, 0.1) is 5.56 Å². The molecule has 1 atom stereocenters. The van der Waals surface area contributed by atoms with Crippen molar-refractivity contribution in [3.63, 3.8) is 0 Å². The number of alkyl halides is 3. The summed E-state index contributed by atoms with van der Waals surface area (Å²) in [6.45, 7) is 5.94. The molecule has 0 unspecified atom stereocenters. The second-order valence-corrected chi connectivity index (χ2v) is 7.14. The molecule has 0 aliphatic heterocycles. The lowest BCUT2D eigenvalue weighted by Crippen LogP contribution is -2.16. The summed E-state index contributed by atoms with van der Waals surface area (Å²) in [6, 6.07) is 13.5. The molecule has 1 nitrogen and oxygen atoms in total. The summed E-state index contributed by atoms with van der Waals surface area (Å²) in [6.07, 6.45) is -3.85. The Morgan fingerprint density at radius 3 is 2.37 bits per heavy atom. The third-order valence-electron chi connectivity index (χ3n) is 5.17. The van der Waals surface area contributed by atoms with Crippen LogP contribution in [-0.4, -0.2) is 11.7 Å². The van der Waals surface area contributed by atoms with Gasteiger partial charge in [-0.3, -0.25) is 0 Å². The molecule has 1 aliphatic rings. The number of aliphatic hydroxyl groups is 1. The Balaban J connectivity index is 2.31. The highest BCUT2D eigenvalue weighted by Crippen LogP contribution is 2.49. The molecule has 0 radical (unpaired) electrons. The molecule has 1 N–H and O–H groups in total. The van der Waals surface area contributed by atoms with Gasteiger partial charge in [-0.25, -0.2) is 0 Å². The van der Waals surface area contributed by atoms with E-state index in [2.05, 4.69) is 0 Å². The molecule has 4 heteroatoms. The lowest BCUT2D eigenvalue weighted by Gasteiger charge is -2.33. The molecule has 0 aromatic heterocycles. The van der Waals surface area contributed by atoms with Crippen LogP contribution in [0.2, 0.25) is 0 Å². The summed E-state index contributed by atoms with van der Waals surface area (Å²) in [7, 11) is 0. The zero-order chi connectivity index (χ0) is 19.8. The number of hydrogen-bond donors (Lipinski definition) is 1. The van der Waals surface area contributed by atoms with Gasteiger partial charge in [0.15, 0.2) is 0 Å². The minimum atomic E-state index is -4.38. The lowest BCUT2D eigenvalue weighted by atomic mass is 9.71. The van der Waals surface area contributed by atoms with E-state index in [0.29, 0.717) is 12.0 Å². The smallest absolute Gasteiger partial charge is 0.396 e. The van der Waals surface area contributed by atoms with Crippen molar-refractivity contribution in [1.29, 1.82) is 0 Å². The quantitative estimate of drug-likeness (QED) is 0.656. The van der Waals surface area contributed by atoms with Gasteiger partial charge in [-0.05, 0) is 72.7 Å². The number of fused-ring (bicyclic) bond motifs is 1. The van der Waals surface area contributed by atoms with Crippen molar-refractivity contribution in [3.8, 4) is 0 Å². The topological polar surface area (TPSA) is 20.2 Å². The van der Waals surface area contributed by atoms with E-state index in [1.807, 2.05) is 45.0 Å².